The summed E-state index contributed by atoms with van der Waals surface area (Å²) in [4.78, 5) is 12.5. The van der Waals surface area contributed by atoms with Gasteiger partial charge < -0.3 is 15.4 Å². The zero-order chi connectivity index (χ0) is 18.3. The summed E-state index contributed by atoms with van der Waals surface area (Å²) in [6.07, 6.45) is 1.22. The van der Waals surface area contributed by atoms with Crippen LogP contribution in [0.15, 0.2) is 42.6 Å². The first kappa shape index (κ1) is 16.1. The third-order valence-corrected chi connectivity index (χ3v) is 4.49. The van der Waals surface area contributed by atoms with Gasteiger partial charge in [-0.15, -0.1) is 0 Å². The molecule has 0 fully saturated rings. The van der Waals surface area contributed by atoms with Crippen molar-refractivity contribution in [3.05, 3.63) is 65.1 Å². The Morgan fingerprint density at radius 1 is 1.19 bits per heavy atom. The molecule has 2 aromatic carbocycles. The van der Waals surface area contributed by atoms with Gasteiger partial charge in [0, 0.05) is 17.3 Å². The summed E-state index contributed by atoms with van der Waals surface area (Å²) in [6, 6.07) is 10.2. The van der Waals surface area contributed by atoms with Gasteiger partial charge in [0.05, 0.1) is 24.1 Å². The molecule has 0 spiro atoms. The van der Waals surface area contributed by atoms with Crippen LogP contribution in [0, 0.1) is 12.7 Å². The van der Waals surface area contributed by atoms with Crippen molar-refractivity contribution in [1.29, 1.82) is 0 Å². The predicted molar refractivity (Wildman–Crippen MR) is 95.5 cm³/mol. The number of ether oxygens (including phenoxy) is 1. The smallest absolute Gasteiger partial charge is 0.255 e. The number of hydrogen-bond acceptors (Lipinski definition) is 4. The van der Waals surface area contributed by atoms with Crippen molar-refractivity contribution in [3.8, 4) is 17.0 Å². The minimum Gasteiger partial charge on any atom is -0.494 e. The number of para-hydroxylation sites is 1. The zero-order valence-electron chi connectivity index (χ0n) is 14.3. The molecule has 1 aliphatic rings. The number of aromatic nitrogens is 2. The molecule has 0 saturated heterocycles. The lowest BCUT2D eigenvalue weighted by Crippen LogP contribution is -2.38. The molecule has 7 heteroatoms. The lowest BCUT2D eigenvalue weighted by Gasteiger charge is -2.29. The maximum absolute atomic E-state index is 14.1. The fraction of sp³-hybridized carbons (Fsp3) is 0.158. The number of H-pyrrole nitrogens is 1. The Kier molecular flexibility index (Phi) is 3.84. The second kappa shape index (κ2) is 6.18. The molecule has 1 atom stereocenters. The van der Waals surface area contributed by atoms with Crippen molar-refractivity contribution >= 4 is 11.6 Å². The molecule has 6 nitrogen and oxygen atoms in total. The standard InChI is InChI=1S/C19H17FN4O2/c1-10-4-3-5-12-16(10)22-18(23-19(12)25)13-9-21-24-17(13)11-6-7-15(26-2)14(20)8-11/h3-9,18,22H,1-2H3,(H,21,24)(H,23,25). The van der Waals surface area contributed by atoms with E-state index in [1.165, 1.54) is 13.2 Å². The SMILES string of the molecule is COc1ccc(-c2n[nH]cc2C2NC(=O)c3cccc(C)c3N2)cc1F. The van der Waals surface area contributed by atoms with Gasteiger partial charge in [-0.3, -0.25) is 9.89 Å². The first-order valence-corrected chi connectivity index (χ1v) is 8.13. The first-order chi connectivity index (χ1) is 12.6. The number of nitrogens with one attached hydrogen (secondary N) is 3. The van der Waals surface area contributed by atoms with Gasteiger partial charge in [-0.2, -0.15) is 5.10 Å². The number of aryl methyl sites for hydroxylation is 1. The number of nitrogens with zero attached hydrogens (tertiary/aromatic N) is 1. The van der Waals surface area contributed by atoms with E-state index >= 15 is 0 Å². The molecule has 132 valence electrons. The van der Waals surface area contributed by atoms with E-state index in [2.05, 4.69) is 20.8 Å². The summed E-state index contributed by atoms with van der Waals surface area (Å²) < 4.78 is 19.0. The Hall–Kier alpha value is -3.35. The molecule has 0 radical (unpaired) electrons. The monoisotopic (exact) mass is 352 g/mol. The van der Waals surface area contributed by atoms with Crippen molar-refractivity contribution in [3.63, 3.8) is 0 Å². The average Bonchev–Trinajstić information content (AvgIpc) is 3.12. The topological polar surface area (TPSA) is 79.0 Å². The number of rotatable bonds is 3. The Morgan fingerprint density at radius 2 is 2.04 bits per heavy atom. The number of carbonyl (C=O) groups excluding carboxylic acids is 1. The van der Waals surface area contributed by atoms with E-state index in [1.807, 2.05) is 19.1 Å². The Balaban J connectivity index is 1.73. The van der Waals surface area contributed by atoms with E-state index < -0.39 is 12.0 Å². The van der Waals surface area contributed by atoms with Crippen molar-refractivity contribution in [2.24, 2.45) is 0 Å². The van der Waals surface area contributed by atoms with Crippen molar-refractivity contribution < 1.29 is 13.9 Å². The van der Waals surface area contributed by atoms with Crippen LogP contribution in [-0.4, -0.2) is 23.2 Å². The highest BCUT2D eigenvalue weighted by Crippen LogP contribution is 2.34. The molecule has 26 heavy (non-hydrogen) atoms. The number of amides is 1. The fourth-order valence-electron chi connectivity index (χ4n) is 3.16. The molecular formula is C19H17FN4O2. The van der Waals surface area contributed by atoms with Gasteiger partial charge in [0.25, 0.3) is 5.91 Å². The lowest BCUT2D eigenvalue weighted by atomic mass is 10.0. The van der Waals surface area contributed by atoms with Crippen LogP contribution in [0.25, 0.3) is 11.3 Å². The van der Waals surface area contributed by atoms with Crippen molar-refractivity contribution in [2.75, 3.05) is 12.4 Å². The van der Waals surface area contributed by atoms with E-state index in [4.69, 9.17) is 4.74 Å². The summed E-state index contributed by atoms with van der Waals surface area (Å²) in [5.41, 5.74) is 4.23. The van der Waals surface area contributed by atoms with Crippen LogP contribution in [0.1, 0.15) is 27.7 Å². The average molecular weight is 352 g/mol. The molecular weight excluding hydrogens is 335 g/mol. The van der Waals surface area contributed by atoms with Gasteiger partial charge in [-0.25, -0.2) is 4.39 Å². The number of aromatic amines is 1. The molecule has 4 rings (SSSR count). The first-order valence-electron chi connectivity index (χ1n) is 8.13. The second-order valence-corrected chi connectivity index (χ2v) is 6.09. The number of carbonyl (C=O) groups is 1. The molecule has 1 amide bonds. The van der Waals surface area contributed by atoms with Gasteiger partial charge in [0.2, 0.25) is 0 Å². The number of methoxy groups -OCH3 is 1. The molecule has 0 bridgehead atoms. The molecule has 2 heterocycles. The summed E-state index contributed by atoms with van der Waals surface area (Å²) in [7, 11) is 1.42. The summed E-state index contributed by atoms with van der Waals surface area (Å²) >= 11 is 0. The maximum atomic E-state index is 14.1. The van der Waals surface area contributed by atoms with Crippen LogP contribution in [0.4, 0.5) is 10.1 Å². The molecule has 3 N–H and O–H groups in total. The number of hydrogen-bond donors (Lipinski definition) is 3. The van der Waals surface area contributed by atoms with Gasteiger partial charge in [0.1, 0.15) is 6.17 Å². The fourth-order valence-corrected chi connectivity index (χ4v) is 3.16. The van der Waals surface area contributed by atoms with E-state index in [0.29, 0.717) is 16.8 Å². The van der Waals surface area contributed by atoms with E-state index in [-0.39, 0.29) is 11.7 Å². The maximum Gasteiger partial charge on any atom is 0.255 e. The number of fused-ring (bicyclic) bond motifs is 1. The Labute approximate surface area is 149 Å². The van der Waals surface area contributed by atoms with Crippen LogP contribution >= 0.6 is 0 Å². The normalized spacial score (nSPS) is 15.8. The second-order valence-electron chi connectivity index (χ2n) is 6.09. The molecule has 1 unspecified atom stereocenters. The third kappa shape index (κ3) is 2.57. The highest BCUT2D eigenvalue weighted by atomic mass is 19.1. The summed E-state index contributed by atoms with van der Waals surface area (Å²) in [5, 5.41) is 13.3. The van der Waals surface area contributed by atoms with E-state index in [0.717, 1.165) is 16.8 Å². The molecule has 1 aromatic heterocycles. The largest absolute Gasteiger partial charge is 0.494 e. The van der Waals surface area contributed by atoms with Crippen molar-refractivity contribution in [1.82, 2.24) is 15.5 Å². The van der Waals surface area contributed by atoms with Crippen LogP contribution in [0.5, 0.6) is 5.75 Å². The minimum atomic E-state index is -0.477. The highest BCUT2D eigenvalue weighted by molar-refractivity contribution is 6.02. The van der Waals surface area contributed by atoms with Gasteiger partial charge in [0.15, 0.2) is 11.6 Å². The zero-order valence-corrected chi connectivity index (χ0v) is 14.3. The van der Waals surface area contributed by atoms with Gasteiger partial charge in [-0.1, -0.05) is 12.1 Å². The predicted octanol–water partition coefficient (Wildman–Crippen LogP) is 3.39. The molecule has 0 saturated carbocycles. The quantitative estimate of drug-likeness (QED) is 0.675. The lowest BCUT2D eigenvalue weighted by molar-refractivity contribution is 0.0935. The van der Waals surface area contributed by atoms with Gasteiger partial charge in [-0.05, 0) is 36.8 Å². The Morgan fingerprint density at radius 3 is 2.81 bits per heavy atom. The Bertz CT molecular complexity index is 999. The molecule has 0 aliphatic carbocycles. The highest BCUT2D eigenvalue weighted by Gasteiger charge is 2.28. The molecule has 1 aliphatic heterocycles. The van der Waals surface area contributed by atoms with Gasteiger partial charge >= 0.3 is 0 Å². The van der Waals surface area contributed by atoms with Crippen LogP contribution in [-0.2, 0) is 0 Å². The number of benzene rings is 2. The van der Waals surface area contributed by atoms with Crippen LogP contribution in [0.2, 0.25) is 0 Å². The minimum absolute atomic E-state index is 0.166. The van der Waals surface area contributed by atoms with Crippen LogP contribution in [0.3, 0.4) is 0 Å². The number of halogens is 1. The summed E-state index contributed by atoms with van der Waals surface area (Å²) in [6.45, 7) is 1.94. The number of anilines is 1. The van der Waals surface area contributed by atoms with Crippen LogP contribution < -0.4 is 15.4 Å². The van der Waals surface area contributed by atoms with E-state index in [1.54, 1.807) is 24.4 Å². The molecule has 3 aromatic rings. The van der Waals surface area contributed by atoms with Crippen molar-refractivity contribution in [2.45, 2.75) is 13.1 Å². The third-order valence-electron chi connectivity index (χ3n) is 4.49. The van der Waals surface area contributed by atoms with E-state index in [9.17, 15) is 9.18 Å². The summed E-state index contributed by atoms with van der Waals surface area (Å²) in [5.74, 6) is -0.472.